The quantitative estimate of drug-likeness (QED) is 0.695. The highest BCUT2D eigenvalue weighted by atomic mass is 16.7. The Morgan fingerprint density at radius 2 is 1.04 bits per heavy atom. The van der Waals surface area contributed by atoms with Crippen LogP contribution in [0.15, 0.2) is 18.2 Å². The molecule has 2 aliphatic rings. The van der Waals surface area contributed by atoms with Gasteiger partial charge >= 0.3 is 11.9 Å². The lowest BCUT2D eigenvalue weighted by Gasteiger charge is -2.14. The largest absolute Gasteiger partial charge is 0.363 e. The van der Waals surface area contributed by atoms with Crippen LogP contribution in [0.3, 0.4) is 0 Å². The molecule has 0 aromatic heterocycles. The first-order chi connectivity index (χ1) is 12.8. The second kappa shape index (κ2) is 6.98. The van der Waals surface area contributed by atoms with Gasteiger partial charge in [-0.25, -0.2) is 9.59 Å². The molecule has 0 saturated carbocycles. The van der Waals surface area contributed by atoms with Crippen LogP contribution in [-0.2, 0) is 28.9 Å². The molecular weight excluding hydrogens is 360 g/mol. The molecule has 2 heterocycles. The average Bonchev–Trinajstić information content (AvgIpc) is 3.11. The van der Waals surface area contributed by atoms with Gasteiger partial charge in [-0.3, -0.25) is 19.2 Å². The number of imide groups is 2. The summed E-state index contributed by atoms with van der Waals surface area (Å²) in [5.74, 6) is -4.55. The van der Waals surface area contributed by atoms with E-state index in [0.717, 1.165) is 6.07 Å². The van der Waals surface area contributed by atoms with Crippen LogP contribution in [0.1, 0.15) is 52.0 Å². The predicted molar refractivity (Wildman–Crippen MR) is 84.2 cm³/mol. The number of hydrogen-bond donors (Lipinski definition) is 0. The molecule has 0 unspecified atom stereocenters. The number of amides is 4. The fourth-order valence-corrected chi connectivity index (χ4v) is 2.61. The van der Waals surface area contributed by atoms with Crippen molar-refractivity contribution in [1.82, 2.24) is 10.1 Å². The first-order valence-corrected chi connectivity index (χ1v) is 8.04. The van der Waals surface area contributed by atoms with Crippen molar-refractivity contribution in [3.8, 4) is 0 Å². The van der Waals surface area contributed by atoms with Gasteiger partial charge in [0, 0.05) is 25.7 Å². The third-order valence-electron chi connectivity index (χ3n) is 3.91. The van der Waals surface area contributed by atoms with E-state index < -0.39 is 35.6 Å². The van der Waals surface area contributed by atoms with Crippen molar-refractivity contribution < 1.29 is 38.4 Å². The molecule has 0 aliphatic carbocycles. The number of aryl methyl sites for hydroxylation is 1. The summed E-state index contributed by atoms with van der Waals surface area (Å²) in [7, 11) is 0. The summed E-state index contributed by atoms with van der Waals surface area (Å²) >= 11 is 0. The smallest absolute Gasteiger partial charge is 0.325 e. The summed E-state index contributed by atoms with van der Waals surface area (Å²) in [6.07, 6.45) is -0.185. The minimum Gasteiger partial charge on any atom is -0.325 e. The highest BCUT2D eigenvalue weighted by Crippen LogP contribution is 2.18. The second-order valence-electron chi connectivity index (χ2n) is 6.01. The zero-order valence-corrected chi connectivity index (χ0v) is 14.2. The maximum atomic E-state index is 12.2. The van der Waals surface area contributed by atoms with Gasteiger partial charge in [-0.05, 0) is 30.7 Å². The monoisotopic (exact) mass is 374 g/mol. The third kappa shape index (κ3) is 3.68. The summed E-state index contributed by atoms with van der Waals surface area (Å²) in [5, 5.41) is 0.786. The summed E-state index contributed by atoms with van der Waals surface area (Å²) in [5.41, 5.74) is 0.275. The van der Waals surface area contributed by atoms with E-state index in [1.54, 1.807) is 6.92 Å². The molecule has 2 aliphatic heterocycles. The molecule has 27 heavy (non-hydrogen) atoms. The lowest BCUT2D eigenvalue weighted by molar-refractivity contribution is -0.173. The molecule has 10 heteroatoms. The van der Waals surface area contributed by atoms with Crippen molar-refractivity contribution in [1.29, 1.82) is 0 Å². The fourth-order valence-electron chi connectivity index (χ4n) is 2.61. The van der Waals surface area contributed by atoms with Crippen molar-refractivity contribution in [2.45, 2.75) is 32.6 Å². The van der Waals surface area contributed by atoms with E-state index in [0.29, 0.717) is 15.7 Å². The summed E-state index contributed by atoms with van der Waals surface area (Å²) in [6.45, 7) is 1.59. The third-order valence-corrected chi connectivity index (χ3v) is 3.91. The Labute approximate surface area is 152 Å². The topological polar surface area (TPSA) is 127 Å². The van der Waals surface area contributed by atoms with Crippen molar-refractivity contribution in [2.24, 2.45) is 0 Å². The van der Waals surface area contributed by atoms with E-state index in [1.807, 2.05) is 0 Å². The molecule has 2 saturated heterocycles. The van der Waals surface area contributed by atoms with Gasteiger partial charge in [0.15, 0.2) is 0 Å². The Bertz CT molecular complexity index is 791. The SMILES string of the molecule is Cc1cc(C(=O)ON2C(=O)CCC2=O)cc(C(=O)ON2C(=O)CCC2=O)c1. The first-order valence-electron chi connectivity index (χ1n) is 8.04. The summed E-state index contributed by atoms with van der Waals surface area (Å²) < 4.78 is 0. The van der Waals surface area contributed by atoms with E-state index >= 15 is 0 Å². The van der Waals surface area contributed by atoms with E-state index in [2.05, 4.69) is 0 Å². The van der Waals surface area contributed by atoms with Crippen LogP contribution in [0.2, 0.25) is 0 Å². The minimum atomic E-state index is -1.01. The highest BCUT2D eigenvalue weighted by molar-refractivity contribution is 6.04. The summed E-state index contributed by atoms with van der Waals surface area (Å²) in [6, 6.07) is 3.89. The molecule has 1 aromatic carbocycles. The van der Waals surface area contributed by atoms with Gasteiger partial charge in [0.05, 0.1) is 11.1 Å². The van der Waals surface area contributed by atoms with Gasteiger partial charge in [0.2, 0.25) is 0 Å². The molecule has 0 N–H and O–H groups in total. The molecule has 2 fully saturated rings. The van der Waals surface area contributed by atoms with Crippen LogP contribution in [0.4, 0.5) is 0 Å². The lowest BCUT2D eigenvalue weighted by Crippen LogP contribution is -2.33. The van der Waals surface area contributed by atoms with Crippen molar-refractivity contribution in [3.05, 3.63) is 34.9 Å². The van der Waals surface area contributed by atoms with Crippen LogP contribution >= 0.6 is 0 Å². The molecule has 0 bridgehead atoms. The maximum absolute atomic E-state index is 12.2. The van der Waals surface area contributed by atoms with Gasteiger partial charge in [0.1, 0.15) is 0 Å². The molecule has 0 spiro atoms. The molecule has 10 nitrogen and oxygen atoms in total. The van der Waals surface area contributed by atoms with Crippen LogP contribution in [0.25, 0.3) is 0 Å². The minimum absolute atomic E-state index is 0.0462. The van der Waals surface area contributed by atoms with Crippen molar-refractivity contribution >= 4 is 35.6 Å². The van der Waals surface area contributed by atoms with E-state index in [-0.39, 0.29) is 36.8 Å². The second-order valence-corrected chi connectivity index (χ2v) is 6.01. The summed E-state index contributed by atoms with van der Waals surface area (Å²) in [4.78, 5) is 80.2. The Hall–Kier alpha value is -3.56. The van der Waals surface area contributed by atoms with Gasteiger partial charge < -0.3 is 9.68 Å². The molecule has 1 aromatic rings. The lowest BCUT2D eigenvalue weighted by atomic mass is 10.1. The van der Waals surface area contributed by atoms with Gasteiger partial charge in [0.25, 0.3) is 23.6 Å². The molecule has 4 amide bonds. The molecule has 3 rings (SSSR count). The Morgan fingerprint density at radius 3 is 1.37 bits per heavy atom. The number of carbonyl (C=O) groups is 6. The maximum Gasteiger partial charge on any atom is 0.363 e. The Kier molecular flexibility index (Phi) is 4.72. The zero-order valence-electron chi connectivity index (χ0n) is 14.2. The van der Waals surface area contributed by atoms with E-state index in [1.165, 1.54) is 12.1 Å². The fraction of sp³-hybridized carbons (Fsp3) is 0.294. The van der Waals surface area contributed by atoms with E-state index in [9.17, 15) is 28.8 Å². The predicted octanol–water partition coefficient (Wildman–Crippen LogP) is 0.437. The van der Waals surface area contributed by atoms with Gasteiger partial charge in [-0.2, -0.15) is 0 Å². The van der Waals surface area contributed by atoms with Crippen LogP contribution in [0, 0.1) is 6.92 Å². The molecule has 0 radical (unpaired) electrons. The molecular formula is C17H14N2O8. The van der Waals surface area contributed by atoms with Crippen molar-refractivity contribution in [2.75, 3.05) is 0 Å². The van der Waals surface area contributed by atoms with Crippen LogP contribution in [-0.4, -0.2) is 45.7 Å². The zero-order chi connectivity index (χ0) is 19.7. The Balaban J connectivity index is 1.77. The first kappa shape index (κ1) is 18.2. The van der Waals surface area contributed by atoms with Crippen LogP contribution < -0.4 is 0 Å². The van der Waals surface area contributed by atoms with Crippen LogP contribution in [0.5, 0.6) is 0 Å². The number of hydroxylamine groups is 4. The standard InChI is InChI=1S/C17H14N2O8/c1-9-6-10(16(24)26-18-12(20)2-3-13(18)21)8-11(7-9)17(25)27-19-14(22)4-5-15(19)23/h6-8H,2-5H2,1H3. The highest BCUT2D eigenvalue weighted by Gasteiger charge is 2.34. The number of hydrogen-bond acceptors (Lipinski definition) is 8. The van der Waals surface area contributed by atoms with Gasteiger partial charge in [-0.15, -0.1) is 10.1 Å². The number of rotatable bonds is 4. The number of benzene rings is 1. The van der Waals surface area contributed by atoms with Crippen molar-refractivity contribution in [3.63, 3.8) is 0 Å². The number of nitrogens with zero attached hydrogens (tertiary/aromatic N) is 2. The molecule has 0 atom stereocenters. The number of carbonyl (C=O) groups excluding carboxylic acids is 6. The molecule has 140 valence electrons. The Morgan fingerprint density at radius 1 is 0.704 bits per heavy atom. The normalized spacial score (nSPS) is 16.9. The average molecular weight is 374 g/mol. The van der Waals surface area contributed by atoms with Gasteiger partial charge in [-0.1, -0.05) is 0 Å². The van der Waals surface area contributed by atoms with E-state index in [4.69, 9.17) is 9.68 Å².